The molecule has 2 aromatic rings. The third-order valence-electron chi connectivity index (χ3n) is 3.47. The Balaban J connectivity index is 1.86. The zero-order valence-corrected chi connectivity index (χ0v) is 14.3. The fourth-order valence-electron chi connectivity index (χ4n) is 2.06. The lowest BCUT2D eigenvalue weighted by molar-refractivity contribution is 0.323. The number of hydrogen-bond donors (Lipinski definition) is 3. The van der Waals surface area contributed by atoms with E-state index in [-0.39, 0.29) is 23.9 Å². The second-order valence-corrected chi connectivity index (χ2v) is 6.95. The highest BCUT2D eigenvalue weighted by atomic mass is 32.2. The van der Waals surface area contributed by atoms with Crippen molar-refractivity contribution in [3.8, 4) is 5.75 Å². The Labute approximate surface area is 142 Å². The lowest BCUT2D eigenvalue weighted by Crippen LogP contribution is -2.28. The van der Waals surface area contributed by atoms with Crippen LogP contribution in [-0.4, -0.2) is 27.4 Å². The minimum atomic E-state index is -3.61. The van der Waals surface area contributed by atoms with Crippen LogP contribution in [0.15, 0.2) is 53.4 Å². The molecule has 0 heterocycles. The highest BCUT2D eigenvalue weighted by Gasteiger charge is 2.13. The molecule has 0 fully saturated rings. The SMILES string of the molecule is CCc1ccc(OCCNS(=O)(=O)c2ccc(C(=N)N)cc2)cc1. The molecule has 4 N–H and O–H groups in total. The van der Waals surface area contributed by atoms with E-state index in [1.165, 1.54) is 29.8 Å². The van der Waals surface area contributed by atoms with Gasteiger partial charge in [-0.25, -0.2) is 13.1 Å². The maximum atomic E-state index is 12.2. The van der Waals surface area contributed by atoms with Gasteiger partial charge in [0.25, 0.3) is 0 Å². The van der Waals surface area contributed by atoms with Crippen LogP contribution in [0.1, 0.15) is 18.1 Å². The van der Waals surface area contributed by atoms with Gasteiger partial charge in [-0.1, -0.05) is 19.1 Å². The summed E-state index contributed by atoms with van der Waals surface area (Å²) in [5, 5.41) is 7.30. The molecule has 7 heteroatoms. The number of rotatable bonds is 8. The van der Waals surface area contributed by atoms with Gasteiger partial charge in [-0.3, -0.25) is 5.41 Å². The number of sulfonamides is 1. The van der Waals surface area contributed by atoms with E-state index in [9.17, 15) is 8.42 Å². The summed E-state index contributed by atoms with van der Waals surface area (Å²) in [6.07, 6.45) is 0.961. The topological polar surface area (TPSA) is 105 Å². The minimum absolute atomic E-state index is 0.102. The summed E-state index contributed by atoms with van der Waals surface area (Å²) < 4.78 is 32.3. The molecular formula is C17H21N3O3S. The first-order chi connectivity index (χ1) is 11.4. The van der Waals surface area contributed by atoms with Gasteiger partial charge in [0, 0.05) is 12.1 Å². The second kappa shape index (κ2) is 7.94. The molecule has 0 atom stereocenters. The van der Waals surface area contributed by atoms with Crippen molar-refractivity contribution in [2.24, 2.45) is 5.73 Å². The van der Waals surface area contributed by atoms with Crippen LogP contribution in [-0.2, 0) is 16.4 Å². The number of amidine groups is 1. The highest BCUT2D eigenvalue weighted by molar-refractivity contribution is 7.89. The molecular weight excluding hydrogens is 326 g/mol. The average Bonchev–Trinajstić information content (AvgIpc) is 2.59. The van der Waals surface area contributed by atoms with Crippen molar-refractivity contribution in [2.45, 2.75) is 18.2 Å². The van der Waals surface area contributed by atoms with Gasteiger partial charge in [0.1, 0.15) is 18.2 Å². The highest BCUT2D eigenvalue weighted by Crippen LogP contribution is 2.13. The normalized spacial score (nSPS) is 11.2. The van der Waals surface area contributed by atoms with E-state index >= 15 is 0 Å². The first-order valence-corrected chi connectivity index (χ1v) is 9.06. The fraction of sp³-hybridized carbons (Fsp3) is 0.235. The predicted octanol–water partition coefficient (Wildman–Crippen LogP) is 1.89. The van der Waals surface area contributed by atoms with Gasteiger partial charge in [0.15, 0.2) is 0 Å². The monoisotopic (exact) mass is 347 g/mol. The van der Waals surface area contributed by atoms with Crippen molar-refractivity contribution in [1.82, 2.24) is 4.72 Å². The summed E-state index contributed by atoms with van der Waals surface area (Å²) in [7, 11) is -3.61. The standard InChI is InChI=1S/C17H21N3O3S/c1-2-13-3-7-15(8-4-13)23-12-11-20-24(21,22)16-9-5-14(6-10-16)17(18)19/h3-10,20H,2,11-12H2,1H3,(H3,18,19). The van der Waals surface area contributed by atoms with Crippen LogP contribution >= 0.6 is 0 Å². The Morgan fingerprint density at radius 2 is 1.75 bits per heavy atom. The van der Waals surface area contributed by atoms with E-state index in [1.54, 1.807) is 0 Å². The van der Waals surface area contributed by atoms with Gasteiger partial charge >= 0.3 is 0 Å². The van der Waals surface area contributed by atoms with Gasteiger partial charge in [-0.2, -0.15) is 0 Å². The van der Waals surface area contributed by atoms with Gasteiger partial charge in [-0.05, 0) is 48.4 Å². The Morgan fingerprint density at radius 3 is 2.29 bits per heavy atom. The van der Waals surface area contributed by atoms with Crippen LogP contribution in [0.2, 0.25) is 0 Å². The first-order valence-electron chi connectivity index (χ1n) is 7.58. The molecule has 0 aromatic heterocycles. The average molecular weight is 347 g/mol. The molecule has 2 aromatic carbocycles. The summed E-state index contributed by atoms with van der Waals surface area (Å²) >= 11 is 0. The van der Waals surface area contributed by atoms with Gasteiger partial charge in [-0.15, -0.1) is 0 Å². The molecule has 0 amide bonds. The van der Waals surface area contributed by atoms with Crippen molar-refractivity contribution < 1.29 is 13.2 Å². The number of nitrogens with two attached hydrogens (primary N) is 1. The van der Waals surface area contributed by atoms with Crippen molar-refractivity contribution in [1.29, 1.82) is 5.41 Å². The quantitative estimate of drug-likeness (QED) is 0.385. The van der Waals surface area contributed by atoms with Crippen LogP contribution < -0.4 is 15.2 Å². The number of nitrogen functional groups attached to an aromatic ring is 1. The van der Waals surface area contributed by atoms with Crippen LogP contribution in [0.25, 0.3) is 0 Å². The summed E-state index contributed by atoms with van der Waals surface area (Å²) in [4.78, 5) is 0.125. The molecule has 0 aliphatic carbocycles. The van der Waals surface area contributed by atoms with Crippen molar-refractivity contribution >= 4 is 15.9 Å². The predicted molar refractivity (Wildman–Crippen MR) is 94.0 cm³/mol. The number of benzene rings is 2. The Morgan fingerprint density at radius 1 is 1.12 bits per heavy atom. The fourth-order valence-corrected chi connectivity index (χ4v) is 3.08. The number of nitrogens with one attached hydrogen (secondary N) is 2. The van der Waals surface area contributed by atoms with E-state index in [1.807, 2.05) is 24.3 Å². The van der Waals surface area contributed by atoms with E-state index in [4.69, 9.17) is 15.9 Å². The number of hydrogen-bond acceptors (Lipinski definition) is 4. The summed E-state index contributed by atoms with van der Waals surface area (Å²) in [6, 6.07) is 13.5. The van der Waals surface area contributed by atoms with Crippen LogP contribution in [0.4, 0.5) is 0 Å². The zero-order chi connectivity index (χ0) is 17.6. The molecule has 0 radical (unpaired) electrons. The minimum Gasteiger partial charge on any atom is -0.492 e. The molecule has 0 aliphatic heterocycles. The van der Waals surface area contributed by atoms with Crippen LogP contribution in [0.3, 0.4) is 0 Å². The first kappa shape index (κ1) is 18.0. The molecule has 0 unspecified atom stereocenters. The van der Waals surface area contributed by atoms with E-state index < -0.39 is 10.0 Å². The molecule has 0 saturated heterocycles. The molecule has 0 saturated carbocycles. The van der Waals surface area contributed by atoms with Crippen molar-refractivity contribution in [3.05, 3.63) is 59.7 Å². The van der Waals surface area contributed by atoms with Crippen LogP contribution in [0, 0.1) is 5.41 Å². The van der Waals surface area contributed by atoms with Crippen LogP contribution in [0.5, 0.6) is 5.75 Å². The number of ether oxygens (including phenoxy) is 1. The van der Waals surface area contributed by atoms with E-state index in [0.29, 0.717) is 11.3 Å². The maximum absolute atomic E-state index is 12.2. The molecule has 0 spiro atoms. The molecule has 6 nitrogen and oxygen atoms in total. The number of aryl methyl sites for hydroxylation is 1. The molecule has 128 valence electrons. The summed E-state index contributed by atoms with van der Waals surface area (Å²) in [6.45, 7) is 2.47. The van der Waals surface area contributed by atoms with Gasteiger partial charge < -0.3 is 10.5 Å². The van der Waals surface area contributed by atoms with Crippen molar-refractivity contribution in [3.63, 3.8) is 0 Å². The summed E-state index contributed by atoms with van der Waals surface area (Å²) in [5.74, 6) is 0.603. The van der Waals surface area contributed by atoms with E-state index in [2.05, 4.69) is 11.6 Å². The van der Waals surface area contributed by atoms with Gasteiger partial charge in [0.05, 0.1) is 4.90 Å². The third kappa shape index (κ3) is 4.81. The molecule has 0 aliphatic rings. The largest absolute Gasteiger partial charge is 0.492 e. The smallest absolute Gasteiger partial charge is 0.240 e. The summed E-state index contributed by atoms with van der Waals surface area (Å²) in [5.41, 5.74) is 7.05. The van der Waals surface area contributed by atoms with E-state index in [0.717, 1.165) is 6.42 Å². The van der Waals surface area contributed by atoms with Gasteiger partial charge in [0.2, 0.25) is 10.0 Å². The van der Waals surface area contributed by atoms with Crippen molar-refractivity contribution in [2.75, 3.05) is 13.2 Å². The Kier molecular flexibility index (Phi) is 5.94. The Hall–Kier alpha value is -2.38. The molecule has 0 bridgehead atoms. The molecule has 24 heavy (non-hydrogen) atoms. The maximum Gasteiger partial charge on any atom is 0.240 e. The Bertz CT molecular complexity index is 785. The molecule has 2 rings (SSSR count). The third-order valence-corrected chi connectivity index (χ3v) is 4.95. The lowest BCUT2D eigenvalue weighted by atomic mass is 10.2. The zero-order valence-electron chi connectivity index (χ0n) is 13.5. The second-order valence-electron chi connectivity index (χ2n) is 5.18. The lowest BCUT2D eigenvalue weighted by Gasteiger charge is -2.09.